The molecule has 0 unspecified atom stereocenters. The van der Waals surface area contributed by atoms with Gasteiger partial charge in [0.25, 0.3) is 0 Å². The second-order valence-corrected chi connectivity index (χ2v) is 7.94. The second-order valence-electron chi connectivity index (χ2n) is 7.94. The van der Waals surface area contributed by atoms with Crippen LogP contribution >= 0.6 is 0 Å². The Hall–Kier alpha value is -3.40. The Morgan fingerprint density at radius 2 is 1.67 bits per heavy atom. The molecular weight excluding hydrogens is 374 g/mol. The van der Waals surface area contributed by atoms with Crippen LogP contribution in [-0.4, -0.2) is 18.8 Å². The van der Waals surface area contributed by atoms with Crippen molar-refractivity contribution in [2.24, 2.45) is 5.92 Å². The summed E-state index contributed by atoms with van der Waals surface area (Å²) in [7, 11) is 1.60. The minimum Gasteiger partial charge on any atom is -0.497 e. The van der Waals surface area contributed by atoms with E-state index < -0.39 is 0 Å². The molecule has 2 aliphatic heterocycles. The third-order valence-corrected chi connectivity index (χ3v) is 6.27. The van der Waals surface area contributed by atoms with E-state index in [4.69, 9.17) is 4.74 Å². The van der Waals surface area contributed by atoms with Crippen molar-refractivity contribution in [1.82, 2.24) is 0 Å². The number of ether oxygens (including phenoxy) is 1. The van der Waals surface area contributed by atoms with Crippen molar-refractivity contribution in [3.8, 4) is 5.75 Å². The number of ketones is 1. The SMILES string of the molecule is COc1ccc2c(c1)C(=O)c1ccccc1N1C(=O)[C@@H](CCCc3ccccc3)[C@H]21. The van der Waals surface area contributed by atoms with Gasteiger partial charge in [-0.05, 0) is 54.7 Å². The van der Waals surface area contributed by atoms with Crippen LogP contribution in [0.5, 0.6) is 5.75 Å². The lowest BCUT2D eigenvalue weighted by Crippen LogP contribution is -2.55. The van der Waals surface area contributed by atoms with Crippen LogP contribution in [0.1, 0.15) is 45.9 Å². The molecule has 30 heavy (non-hydrogen) atoms. The maximum atomic E-state index is 13.3. The number of methoxy groups -OCH3 is 1. The van der Waals surface area contributed by atoms with E-state index in [1.165, 1.54) is 5.56 Å². The van der Waals surface area contributed by atoms with Gasteiger partial charge in [0.2, 0.25) is 5.91 Å². The highest BCUT2D eigenvalue weighted by Crippen LogP contribution is 2.50. The van der Waals surface area contributed by atoms with Crippen LogP contribution in [0.4, 0.5) is 5.69 Å². The average Bonchev–Trinajstić information content (AvgIpc) is 2.88. The van der Waals surface area contributed by atoms with Gasteiger partial charge in [-0.2, -0.15) is 0 Å². The molecule has 2 atom stereocenters. The van der Waals surface area contributed by atoms with E-state index in [1.54, 1.807) is 13.2 Å². The van der Waals surface area contributed by atoms with Crippen LogP contribution in [0.25, 0.3) is 0 Å². The summed E-state index contributed by atoms with van der Waals surface area (Å²) >= 11 is 0. The summed E-state index contributed by atoms with van der Waals surface area (Å²) in [6, 6.07) is 23.3. The first-order valence-electron chi connectivity index (χ1n) is 10.4. The smallest absolute Gasteiger partial charge is 0.233 e. The summed E-state index contributed by atoms with van der Waals surface area (Å²) in [4.78, 5) is 28.3. The van der Waals surface area contributed by atoms with Gasteiger partial charge in [0, 0.05) is 11.1 Å². The van der Waals surface area contributed by atoms with E-state index in [0.717, 1.165) is 24.8 Å². The van der Waals surface area contributed by atoms with Gasteiger partial charge in [-0.15, -0.1) is 0 Å². The number of nitrogens with zero attached hydrogens (tertiary/aromatic N) is 1. The molecule has 0 N–H and O–H groups in total. The standard InChI is InChI=1S/C26H23NO3/c1-30-18-14-15-19-22(16-18)25(28)20-11-5-6-13-23(20)27-24(19)21(26(27)29)12-7-10-17-8-3-2-4-9-17/h2-6,8-9,11,13-16,21,24H,7,10,12H2,1H3/t21-,24-/m0/s1. The molecule has 2 heterocycles. The molecule has 5 rings (SSSR count). The number of carbonyl (C=O) groups is 2. The zero-order valence-electron chi connectivity index (χ0n) is 16.9. The van der Waals surface area contributed by atoms with E-state index in [1.807, 2.05) is 59.5 Å². The van der Waals surface area contributed by atoms with E-state index >= 15 is 0 Å². The second kappa shape index (κ2) is 7.45. The Labute approximate surface area is 176 Å². The number of para-hydroxylation sites is 1. The fourth-order valence-electron chi connectivity index (χ4n) is 4.76. The molecule has 150 valence electrons. The molecule has 3 aromatic rings. The molecule has 0 aromatic heterocycles. The van der Waals surface area contributed by atoms with Crippen LogP contribution < -0.4 is 9.64 Å². The maximum Gasteiger partial charge on any atom is 0.233 e. The number of anilines is 1. The summed E-state index contributed by atoms with van der Waals surface area (Å²) in [5.74, 6) is 0.598. The summed E-state index contributed by atoms with van der Waals surface area (Å²) in [6.45, 7) is 0. The normalized spacial score (nSPS) is 19.3. The van der Waals surface area contributed by atoms with Crippen molar-refractivity contribution >= 4 is 17.4 Å². The predicted octanol–water partition coefficient (Wildman–Crippen LogP) is 4.97. The van der Waals surface area contributed by atoms with Crippen molar-refractivity contribution in [3.05, 3.63) is 95.1 Å². The third kappa shape index (κ3) is 2.91. The van der Waals surface area contributed by atoms with Crippen LogP contribution in [0.15, 0.2) is 72.8 Å². The predicted molar refractivity (Wildman–Crippen MR) is 116 cm³/mol. The van der Waals surface area contributed by atoms with Crippen molar-refractivity contribution in [1.29, 1.82) is 0 Å². The van der Waals surface area contributed by atoms with E-state index in [2.05, 4.69) is 12.1 Å². The molecule has 3 aromatic carbocycles. The van der Waals surface area contributed by atoms with Gasteiger partial charge >= 0.3 is 0 Å². The number of amides is 1. The summed E-state index contributed by atoms with van der Waals surface area (Å²) in [6.07, 6.45) is 2.69. The first kappa shape index (κ1) is 18.6. The number of β-lactam (4-membered cyclic amide) rings is 1. The monoisotopic (exact) mass is 397 g/mol. The lowest BCUT2D eigenvalue weighted by molar-refractivity contribution is -0.130. The number of hydrogen-bond donors (Lipinski definition) is 0. The van der Waals surface area contributed by atoms with Crippen molar-refractivity contribution in [3.63, 3.8) is 0 Å². The summed E-state index contributed by atoms with van der Waals surface area (Å²) in [5.41, 5.74) is 4.13. The lowest BCUT2D eigenvalue weighted by atomic mass is 9.78. The summed E-state index contributed by atoms with van der Waals surface area (Å²) in [5, 5.41) is 0. The van der Waals surface area contributed by atoms with Gasteiger partial charge in [0.05, 0.1) is 24.8 Å². The summed E-state index contributed by atoms with van der Waals surface area (Å²) < 4.78 is 5.37. The molecule has 1 saturated heterocycles. The highest BCUT2D eigenvalue weighted by atomic mass is 16.5. The molecule has 4 nitrogen and oxygen atoms in total. The molecule has 2 aliphatic rings. The van der Waals surface area contributed by atoms with Crippen molar-refractivity contribution in [2.75, 3.05) is 12.0 Å². The fraction of sp³-hybridized carbons (Fsp3) is 0.231. The van der Waals surface area contributed by atoms with E-state index in [-0.39, 0.29) is 23.7 Å². The molecule has 0 spiro atoms. The topological polar surface area (TPSA) is 46.6 Å². The Balaban J connectivity index is 1.50. The largest absolute Gasteiger partial charge is 0.497 e. The molecular formula is C26H23NO3. The van der Waals surface area contributed by atoms with Gasteiger partial charge in [-0.3, -0.25) is 9.59 Å². The highest BCUT2D eigenvalue weighted by Gasteiger charge is 2.51. The molecule has 0 aliphatic carbocycles. The van der Waals surface area contributed by atoms with Crippen molar-refractivity contribution in [2.45, 2.75) is 25.3 Å². The quantitative estimate of drug-likeness (QED) is 0.571. The highest BCUT2D eigenvalue weighted by molar-refractivity contribution is 6.19. The Kier molecular flexibility index (Phi) is 4.62. The third-order valence-electron chi connectivity index (χ3n) is 6.27. The Bertz CT molecular complexity index is 1120. The number of fused-ring (bicyclic) bond motifs is 5. The first-order valence-corrected chi connectivity index (χ1v) is 10.4. The first-order chi connectivity index (χ1) is 14.7. The van der Waals surface area contributed by atoms with Crippen molar-refractivity contribution < 1.29 is 14.3 Å². The molecule has 0 radical (unpaired) electrons. The number of benzene rings is 3. The minimum absolute atomic E-state index is 0.0512. The van der Waals surface area contributed by atoms with Gasteiger partial charge in [-0.1, -0.05) is 48.5 Å². The van der Waals surface area contributed by atoms with Crippen LogP contribution in [0.3, 0.4) is 0 Å². The number of aryl methyl sites for hydroxylation is 1. The zero-order chi connectivity index (χ0) is 20.7. The van der Waals surface area contributed by atoms with Gasteiger partial charge in [-0.25, -0.2) is 0 Å². The number of rotatable bonds is 5. The molecule has 1 amide bonds. The molecule has 1 fully saturated rings. The minimum atomic E-state index is -0.111. The average molecular weight is 397 g/mol. The Morgan fingerprint density at radius 3 is 2.47 bits per heavy atom. The van der Waals surface area contributed by atoms with Crippen LogP contribution in [0, 0.1) is 5.92 Å². The number of hydrogen-bond acceptors (Lipinski definition) is 3. The number of carbonyl (C=O) groups excluding carboxylic acids is 2. The molecule has 4 heteroatoms. The van der Waals surface area contributed by atoms with Crippen LogP contribution in [0.2, 0.25) is 0 Å². The van der Waals surface area contributed by atoms with Gasteiger partial charge in [0.15, 0.2) is 5.78 Å². The molecule has 0 saturated carbocycles. The lowest BCUT2D eigenvalue weighted by Gasteiger charge is -2.47. The van der Waals surface area contributed by atoms with Gasteiger partial charge < -0.3 is 9.64 Å². The van der Waals surface area contributed by atoms with E-state index in [0.29, 0.717) is 22.6 Å². The van der Waals surface area contributed by atoms with Gasteiger partial charge in [0.1, 0.15) is 5.75 Å². The maximum absolute atomic E-state index is 13.3. The fourth-order valence-corrected chi connectivity index (χ4v) is 4.76. The Morgan fingerprint density at radius 1 is 0.900 bits per heavy atom. The molecule has 0 bridgehead atoms. The van der Waals surface area contributed by atoms with E-state index in [9.17, 15) is 9.59 Å². The zero-order valence-corrected chi connectivity index (χ0v) is 16.9. The van der Waals surface area contributed by atoms with Crippen LogP contribution in [-0.2, 0) is 11.2 Å².